The van der Waals surface area contributed by atoms with Gasteiger partial charge in [-0.15, -0.1) is 0 Å². The summed E-state index contributed by atoms with van der Waals surface area (Å²) in [6.45, 7) is 2.28. The van der Waals surface area contributed by atoms with Gasteiger partial charge < -0.3 is 24.8 Å². The number of fused-ring (bicyclic) bond motifs is 4. The van der Waals surface area contributed by atoms with Crippen molar-refractivity contribution in [2.45, 2.75) is 29.8 Å². The van der Waals surface area contributed by atoms with Crippen molar-refractivity contribution in [2.24, 2.45) is 0 Å². The second-order valence-corrected chi connectivity index (χ2v) is 9.21. The molecule has 0 aromatic heterocycles. The van der Waals surface area contributed by atoms with Crippen LogP contribution in [0, 0.1) is 0 Å². The van der Waals surface area contributed by atoms with Gasteiger partial charge in [-0.1, -0.05) is 0 Å². The maximum atomic E-state index is 2.49. The fourth-order valence-electron chi connectivity index (χ4n) is 4.52. The van der Waals surface area contributed by atoms with E-state index in [0.717, 1.165) is 6.42 Å². The fourth-order valence-corrected chi connectivity index (χ4v) is 5.75. The SMILES string of the molecule is CCCCc1cc(C2=Cc3ccccc3[CH]2[Zr+2])c2c(ccc3ccccc32)c1.[Cl-].[Cl-]. The van der Waals surface area contributed by atoms with Crippen LogP contribution < -0.4 is 24.8 Å². The zero-order valence-electron chi connectivity index (χ0n) is 17.0. The van der Waals surface area contributed by atoms with Crippen LogP contribution >= 0.6 is 0 Å². The molecule has 4 aromatic carbocycles. The van der Waals surface area contributed by atoms with E-state index in [0.29, 0.717) is 3.63 Å². The van der Waals surface area contributed by atoms with E-state index in [-0.39, 0.29) is 24.8 Å². The largest absolute Gasteiger partial charge is 1.00 e. The third-order valence-electron chi connectivity index (χ3n) is 5.96. The van der Waals surface area contributed by atoms with E-state index in [1.165, 1.54) is 62.2 Å². The van der Waals surface area contributed by atoms with Gasteiger partial charge in [-0.3, -0.25) is 0 Å². The van der Waals surface area contributed by atoms with E-state index >= 15 is 0 Å². The van der Waals surface area contributed by atoms with Crippen LogP contribution in [0.15, 0.2) is 72.8 Å². The Kier molecular flexibility index (Phi) is 7.62. The monoisotopic (exact) mass is 507 g/mol. The number of aryl methyl sites for hydroxylation is 1. The number of hydrogen-bond acceptors (Lipinski definition) is 0. The van der Waals surface area contributed by atoms with Gasteiger partial charge in [0.05, 0.1) is 0 Å². The molecule has 1 aliphatic rings. The van der Waals surface area contributed by atoms with E-state index in [4.69, 9.17) is 0 Å². The fraction of sp³-hybridized carbons (Fsp3) is 0.185. The van der Waals surface area contributed by atoms with Gasteiger partial charge in [-0.2, -0.15) is 0 Å². The molecule has 0 radical (unpaired) electrons. The van der Waals surface area contributed by atoms with Gasteiger partial charge in [0.15, 0.2) is 0 Å². The Hall–Kier alpha value is -1.40. The zero-order chi connectivity index (χ0) is 19.1. The summed E-state index contributed by atoms with van der Waals surface area (Å²) in [4.78, 5) is 0. The Morgan fingerprint density at radius 3 is 2.37 bits per heavy atom. The molecule has 3 heteroatoms. The van der Waals surface area contributed by atoms with Crippen molar-refractivity contribution in [3.8, 4) is 0 Å². The Balaban J connectivity index is 0.00000128. The van der Waals surface area contributed by atoms with Crippen molar-refractivity contribution in [2.75, 3.05) is 0 Å². The standard InChI is InChI=1S/C27H23.2ClH.Zr/c1-2-3-8-19-15-23-14-13-20-9-6-7-12-25(20)27(23)26(16-19)24-17-21-10-4-5-11-22(21)18-24;;;/h4-7,9-18H,2-3,8H2,1H3;2*1H;/q;;;+2/p-2. The van der Waals surface area contributed by atoms with Crippen molar-refractivity contribution in [3.63, 3.8) is 0 Å². The van der Waals surface area contributed by atoms with Crippen molar-refractivity contribution < 1.29 is 49.5 Å². The Bertz CT molecular complexity index is 1230. The van der Waals surface area contributed by atoms with E-state index in [1.54, 1.807) is 24.7 Å². The molecule has 1 aliphatic carbocycles. The Morgan fingerprint density at radius 2 is 1.57 bits per heavy atom. The average Bonchev–Trinajstić information content (AvgIpc) is 3.08. The third-order valence-corrected chi connectivity index (χ3v) is 7.49. The second kappa shape index (κ2) is 9.82. The number of benzene rings is 4. The molecule has 4 aromatic rings. The second-order valence-electron chi connectivity index (χ2n) is 7.79. The van der Waals surface area contributed by atoms with Crippen LogP contribution in [0.5, 0.6) is 0 Å². The van der Waals surface area contributed by atoms with Crippen LogP contribution in [-0.4, -0.2) is 0 Å². The first-order chi connectivity index (χ1) is 13.8. The molecule has 30 heavy (non-hydrogen) atoms. The van der Waals surface area contributed by atoms with Gasteiger partial charge in [0, 0.05) is 0 Å². The normalized spacial score (nSPS) is 14.8. The molecule has 0 spiro atoms. The van der Waals surface area contributed by atoms with Gasteiger partial charge in [0.1, 0.15) is 0 Å². The maximum Gasteiger partial charge on any atom is -1.00 e. The molecule has 0 aliphatic heterocycles. The summed E-state index contributed by atoms with van der Waals surface area (Å²) >= 11 is 1.57. The number of unbranched alkanes of at least 4 members (excludes halogenated alkanes) is 1. The Labute approximate surface area is 206 Å². The summed E-state index contributed by atoms with van der Waals surface area (Å²) < 4.78 is 0.520. The van der Waals surface area contributed by atoms with Crippen LogP contribution in [-0.2, 0) is 31.1 Å². The summed E-state index contributed by atoms with van der Waals surface area (Å²) in [6.07, 6.45) is 6.09. The molecule has 1 atom stereocenters. The quantitative estimate of drug-likeness (QED) is 0.366. The van der Waals surface area contributed by atoms with Gasteiger partial charge in [-0.05, 0) is 0 Å². The summed E-state index contributed by atoms with van der Waals surface area (Å²) in [5.74, 6) is 0. The predicted octanol–water partition coefficient (Wildman–Crippen LogP) is 1.49. The van der Waals surface area contributed by atoms with E-state index < -0.39 is 0 Å². The summed E-state index contributed by atoms with van der Waals surface area (Å²) in [5.41, 5.74) is 7.30. The van der Waals surface area contributed by atoms with Gasteiger partial charge >= 0.3 is 183 Å². The summed E-state index contributed by atoms with van der Waals surface area (Å²) in [6, 6.07) is 27.2. The molecular formula is C27H23Cl2Zr. The number of allylic oxidation sites excluding steroid dienone is 1. The summed E-state index contributed by atoms with van der Waals surface area (Å²) in [5, 5.41) is 5.50. The molecule has 0 bridgehead atoms. The molecule has 1 unspecified atom stereocenters. The first kappa shape index (κ1) is 23.3. The molecule has 0 heterocycles. The molecule has 0 nitrogen and oxygen atoms in total. The van der Waals surface area contributed by atoms with Crippen LogP contribution in [0.4, 0.5) is 0 Å². The first-order valence-corrected chi connectivity index (χ1v) is 11.6. The molecule has 0 fully saturated rings. The van der Waals surface area contributed by atoms with Crippen molar-refractivity contribution in [1.82, 2.24) is 0 Å². The topological polar surface area (TPSA) is 0 Å². The minimum absolute atomic E-state index is 0. The van der Waals surface area contributed by atoms with Crippen LogP contribution in [0.25, 0.3) is 33.2 Å². The third kappa shape index (κ3) is 4.05. The van der Waals surface area contributed by atoms with E-state index in [1.807, 2.05) is 0 Å². The Morgan fingerprint density at radius 1 is 0.833 bits per heavy atom. The number of rotatable bonds is 4. The maximum absolute atomic E-state index is 2.49. The average molecular weight is 510 g/mol. The minimum Gasteiger partial charge on any atom is -1.00 e. The van der Waals surface area contributed by atoms with Crippen molar-refractivity contribution in [1.29, 1.82) is 0 Å². The van der Waals surface area contributed by atoms with E-state index in [2.05, 4.69) is 85.8 Å². The zero-order valence-corrected chi connectivity index (χ0v) is 20.9. The smallest absolute Gasteiger partial charge is 1.00 e. The summed E-state index contributed by atoms with van der Waals surface area (Å²) in [7, 11) is 0. The molecule has 5 rings (SSSR count). The molecule has 0 saturated carbocycles. The predicted molar refractivity (Wildman–Crippen MR) is 117 cm³/mol. The molecule has 0 amide bonds. The van der Waals surface area contributed by atoms with Crippen molar-refractivity contribution >= 4 is 33.2 Å². The molecule has 149 valence electrons. The number of halogens is 2. The number of hydrogen-bond donors (Lipinski definition) is 0. The van der Waals surface area contributed by atoms with Gasteiger partial charge in [0.25, 0.3) is 0 Å². The van der Waals surface area contributed by atoms with Gasteiger partial charge in [-0.25, -0.2) is 0 Å². The first-order valence-electron chi connectivity index (χ1n) is 10.2. The molecule has 0 saturated heterocycles. The molecule has 0 N–H and O–H groups in total. The van der Waals surface area contributed by atoms with E-state index in [9.17, 15) is 0 Å². The van der Waals surface area contributed by atoms with Crippen LogP contribution in [0.2, 0.25) is 0 Å². The minimum atomic E-state index is 0. The van der Waals surface area contributed by atoms with Crippen molar-refractivity contribution in [3.05, 3.63) is 95.1 Å². The molecular weight excluding hydrogens is 486 g/mol. The van der Waals surface area contributed by atoms with Crippen LogP contribution in [0.3, 0.4) is 0 Å². The van der Waals surface area contributed by atoms with Gasteiger partial charge in [0.2, 0.25) is 0 Å². The van der Waals surface area contributed by atoms with Crippen LogP contribution in [0.1, 0.15) is 45.6 Å².